The van der Waals surface area contributed by atoms with E-state index in [0.29, 0.717) is 12.4 Å². The summed E-state index contributed by atoms with van der Waals surface area (Å²) in [6.45, 7) is 6.36. The van der Waals surface area contributed by atoms with Gasteiger partial charge in [-0.05, 0) is 11.4 Å². The van der Waals surface area contributed by atoms with Crippen LogP contribution in [-0.4, -0.2) is 46.1 Å². The van der Waals surface area contributed by atoms with Crippen LogP contribution >= 0.6 is 11.3 Å². The van der Waals surface area contributed by atoms with Crippen LogP contribution in [0.5, 0.6) is 0 Å². The Bertz CT molecular complexity index is 519. The lowest BCUT2D eigenvalue weighted by Gasteiger charge is -2.33. The second-order valence-corrected chi connectivity index (χ2v) is 5.97. The lowest BCUT2D eigenvalue weighted by Crippen LogP contribution is -2.45. The topological polar surface area (TPSA) is 71.4 Å². The van der Waals surface area contributed by atoms with Crippen LogP contribution in [0.4, 0.5) is 0 Å². The van der Waals surface area contributed by atoms with Crippen LogP contribution in [0.1, 0.15) is 16.6 Å². The molecule has 3 rings (SSSR count). The zero-order chi connectivity index (χ0) is 13.8. The average Bonchev–Trinajstić information content (AvgIpc) is 3.12. The molecule has 1 saturated heterocycles. The Labute approximate surface area is 122 Å². The van der Waals surface area contributed by atoms with Gasteiger partial charge in [0.1, 0.15) is 0 Å². The minimum atomic E-state index is 0.307. The smallest absolute Gasteiger partial charge is 0.240 e. The van der Waals surface area contributed by atoms with Gasteiger partial charge in [0.05, 0.1) is 13.1 Å². The normalized spacial score (nSPS) is 17.6. The summed E-state index contributed by atoms with van der Waals surface area (Å²) in [6.07, 6.45) is 0. The summed E-state index contributed by atoms with van der Waals surface area (Å²) in [5.41, 5.74) is 5.46. The third kappa shape index (κ3) is 3.43. The van der Waals surface area contributed by atoms with Crippen LogP contribution < -0.4 is 5.73 Å². The fraction of sp³-hybridized carbons (Fsp3) is 0.538. The van der Waals surface area contributed by atoms with Crippen molar-refractivity contribution in [2.45, 2.75) is 19.6 Å². The Kier molecular flexibility index (Phi) is 4.41. The first kappa shape index (κ1) is 13.7. The zero-order valence-corrected chi connectivity index (χ0v) is 12.2. The highest BCUT2D eigenvalue weighted by molar-refractivity contribution is 7.09. The standard InChI is InChI=1S/C13H19N5OS/c14-8-13-15-12(16-19-13)10-18-5-3-17(4-6-18)9-11-2-1-7-20-11/h1-2,7H,3-6,8-10,14H2. The van der Waals surface area contributed by atoms with Crippen LogP contribution in [0, 0.1) is 0 Å². The Morgan fingerprint density at radius 2 is 1.95 bits per heavy atom. The van der Waals surface area contributed by atoms with Gasteiger partial charge in [0.2, 0.25) is 5.89 Å². The quantitative estimate of drug-likeness (QED) is 0.883. The first-order valence-corrected chi connectivity index (χ1v) is 7.70. The Morgan fingerprint density at radius 3 is 2.55 bits per heavy atom. The summed E-state index contributed by atoms with van der Waals surface area (Å²) in [6, 6.07) is 4.31. The molecule has 0 bridgehead atoms. The van der Waals surface area contributed by atoms with E-state index < -0.39 is 0 Å². The van der Waals surface area contributed by atoms with Crippen molar-refractivity contribution in [2.24, 2.45) is 5.73 Å². The Balaban J connectivity index is 1.46. The van der Waals surface area contributed by atoms with Crippen LogP contribution in [-0.2, 0) is 19.6 Å². The van der Waals surface area contributed by atoms with Gasteiger partial charge >= 0.3 is 0 Å². The van der Waals surface area contributed by atoms with Crippen LogP contribution in [0.3, 0.4) is 0 Å². The average molecular weight is 293 g/mol. The second kappa shape index (κ2) is 6.45. The predicted octanol–water partition coefficient (Wildman–Crippen LogP) is 0.908. The number of aromatic nitrogens is 2. The molecule has 7 heteroatoms. The minimum Gasteiger partial charge on any atom is -0.338 e. The minimum absolute atomic E-state index is 0.307. The third-order valence-electron chi connectivity index (χ3n) is 3.47. The molecule has 0 aromatic carbocycles. The monoisotopic (exact) mass is 293 g/mol. The van der Waals surface area contributed by atoms with Crippen molar-refractivity contribution in [1.82, 2.24) is 19.9 Å². The van der Waals surface area contributed by atoms with E-state index in [1.807, 2.05) is 11.3 Å². The predicted molar refractivity (Wildman–Crippen MR) is 77.1 cm³/mol. The molecule has 0 aliphatic carbocycles. The number of piperazine rings is 1. The summed E-state index contributed by atoms with van der Waals surface area (Å²) < 4.78 is 5.02. The molecule has 6 nitrogen and oxygen atoms in total. The molecule has 0 radical (unpaired) electrons. The van der Waals surface area contributed by atoms with Gasteiger partial charge in [-0.15, -0.1) is 11.3 Å². The van der Waals surface area contributed by atoms with Crippen molar-refractivity contribution in [2.75, 3.05) is 26.2 Å². The number of thiophene rings is 1. The summed E-state index contributed by atoms with van der Waals surface area (Å²) in [7, 11) is 0. The Hall–Kier alpha value is -1.28. The molecule has 20 heavy (non-hydrogen) atoms. The van der Waals surface area contributed by atoms with Crippen LogP contribution in [0.15, 0.2) is 22.0 Å². The van der Waals surface area contributed by atoms with Gasteiger partial charge in [-0.1, -0.05) is 11.2 Å². The molecular weight excluding hydrogens is 274 g/mol. The van der Waals surface area contributed by atoms with Crippen LogP contribution in [0.2, 0.25) is 0 Å². The number of hydrogen-bond donors (Lipinski definition) is 1. The van der Waals surface area contributed by atoms with E-state index in [2.05, 4.69) is 37.5 Å². The van der Waals surface area contributed by atoms with Gasteiger partial charge < -0.3 is 10.3 Å². The second-order valence-electron chi connectivity index (χ2n) is 4.94. The molecule has 0 amide bonds. The molecule has 1 aliphatic heterocycles. The zero-order valence-electron chi connectivity index (χ0n) is 11.4. The number of nitrogens with zero attached hydrogens (tertiary/aromatic N) is 4. The molecule has 0 saturated carbocycles. The molecule has 108 valence electrons. The van der Waals surface area contributed by atoms with E-state index in [9.17, 15) is 0 Å². The molecule has 0 spiro atoms. The molecule has 0 unspecified atom stereocenters. The van der Waals surface area contributed by atoms with Gasteiger partial charge in [0.15, 0.2) is 5.82 Å². The highest BCUT2D eigenvalue weighted by Gasteiger charge is 2.19. The molecule has 3 heterocycles. The maximum absolute atomic E-state index is 5.46. The van der Waals surface area contributed by atoms with Crippen molar-refractivity contribution in [3.05, 3.63) is 34.1 Å². The first-order valence-electron chi connectivity index (χ1n) is 6.82. The van der Waals surface area contributed by atoms with Gasteiger partial charge in [-0.2, -0.15) is 4.98 Å². The van der Waals surface area contributed by atoms with E-state index in [-0.39, 0.29) is 0 Å². The van der Waals surface area contributed by atoms with Gasteiger partial charge in [-0.25, -0.2) is 0 Å². The number of nitrogens with two attached hydrogens (primary N) is 1. The van der Waals surface area contributed by atoms with Gasteiger partial charge in [0.25, 0.3) is 0 Å². The Morgan fingerprint density at radius 1 is 1.20 bits per heavy atom. The number of hydrogen-bond acceptors (Lipinski definition) is 7. The first-order chi connectivity index (χ1) is 9.83. The van der Waals surface area contributed by atoms with Crippen molar-refractivity contribution in [3.63, 3.8) is 0 Å². The third-order valence-corrected chi connectivity index (χ3v) is 4.34. The lowest BCUT2D eigenvalue weighted by atomic mass is 10.3. The van der Waals surface area contributed by atoms with E-state index in [1.54, 1.807) is 0 Å². The van der Waals surface area contributed by atoms with E-state index in [0.717, 1.165) is 45.1 Å². The van der Waals surface area contributed by atoms with Gasteiger partial charge in [0, 0.05) is 37.6 Å². The molecule has 2 aromatic rings. The summed E-state index contributed by atoms with van der Waals surface area (Å²) in [5, 5.41) is 6.08. The summed E-state index contributed by atoms with van der Waals surface area (Å²) in [5.74, 6) is 1.24. The van der Waals surface area contributed by atoms with E-state index in [1.165, 1.54) is 4.88 Å². The fourth-order valence-corrected chi connectivity index (χ4v) is 3.11. The molecular formula is C13H19N5OS. The molecule has 2 aromatic heterocycles. The molecule has 0 atom stereocenters. The lowest BCUT2D eigenvalue weighted by molar-refractivity contribution is 0.120. The van der Waals surface area contributed by atoms with Crippen LogP contribution in [0.25, 0.3) is 0 Å². The highest BCUT2D eigenvalue weighted by atomic mass is 32.1. The highest BCUT2D eigenvalue weighted by Crippen LogP contribution is 2.14. The van der Waals surface area contributed by atoms with E-state index >= 15 is 0 Å². The van der Waals surface area contributed by atoms with Gasteiger partial charge in [-0.3, -0.25) is 9.80 Å². The SMILES string of the molecule is NCc1nc(CN2CCN(Cc3cccs3)CC2)no1. The summed E-state index contributed by atoms with van der Waals surface area (Å²) >= 11 is 1.83. The van der Waals surface area contributed by atoms with E-state index in [4.69, 9.17) is 10.3 Å². The molecule has 2 N–H and O–H groups in total. The maximum Gasteiger partial charge on any atom is 0.240 e. The molecule has 1 aliphatic rings. The summed E-state index contributed by atoms with van der Waals surface area (Å²) in [4.78, 5) is 10.5. The van der Waals surface area contributed by atoms with Crippen molar-refractivity contribution in [3.8, 4) is 0 Å². The van der Waals surface area contributed by atoms with Crippen molar-refractivity contribution >= 4 is 11.3 Å². The van der Waals surface area contributed by atoms with Crippen molar-refractivity contribution < 1.29 is 4.52 Å². The maximum atomic E-state index is 5.46. The fourth-order valence-electron chi connectivity index (χ4n) is 2.37. The number of rotatable bonds is 5. The largest absolute Gasteiger partial charge is 0.338 e. The van der Waals surface area contributed by atoms with Crippen molar-refractivity contribution in [1.29, 1.82) is 0 Å². The molecule has 1 fully saturated rings.